The fraction of sp³-hybridized carbons (Fsp3) is 0.368. The molecule has 0 saturated heterocycles. The molecule has 2 aromatic rings. The zero-order valence-electron chi connectivity index (χ0n) is 15.7. The number of halogens is 4. The van der Waals surface area contributed by atoms with Crippen LogP contribution in [0.1, 0.15) is 31.7 Å². The topological polar surface area (TPSA) is 63.0 Å². The van der Waals surface area contributed by atoms with Gasteiger partial charge in [-0.3, -0.25) is 5.01 Å². The third kappa shape index (κ3) is 3.55. The number of aromatic nitrogens is 2. The van der Waals surface area contributed by atoms with Crippen LogP contribution in [0.15, 0.2) is 34.5 Å². The molecule has 2 unspecified atom stereocenters. The lowest BCUT2D eigenvalue weighted by Gasteiger charge is -2.35. The van der Waals surface area contributed by atoms with E-state index in [1.54, 1.807) is 23.2 Å². The first-order valence-corrected chi connectivity index (χ1v) is 9.73. The van der Waals surface area contributed by atoms with E-state index in [-0.39, 0.29) is 34.4 Å². The maximum absolute atomic E-state index is 14.3. The van der Waals surface area contributed by atoms with Crippen molar-refractivity contribution >= 4 is 34.6 Å². The van der Waals surface area contributed by atoms with Gasteiger partial charge in [-0.25, -0.2) is 18.7 Å². The van der Waals surface area contributed by atoms with E-state index in [1.807, 2.05) is 13.8 Å². The van der Waals surface area contributed by atoms with E-state index in [9.17, 15) is 8.78 Å². The normalized spacial score (nSPS) is 23.8. The first-order chi connectivity index (χ1) is 13.8. The summed E-state index contributed by atoms with van der Waals surface area (Å²) in [5.41, 5.74) is 1.01. The highest BCUT2D eigenvalue weighted by Crippen LogP contribution is 2.37. The highest BCUT2D eigenvalue weighted by Gasteiger charge is 2.47. The first kappa shape index (κ1) is 20.0. The quantitative estimate of drug-likeness (QED) is 0.659. The van der Waals surface area contributed by atoms with E-state index < -0.39 is 11.4 Å². The second kappa shape index (κ2) is 7.50. The van der Waals surface area contributed by atoms with Gasteiger partial charge in [-0.1, -0.05) is 53.5 Å². The number of hydrazone groups is 1. The summed E-state index contributed by atoms with van der Waals surface area (Å²) in [6.07, 6.45) is 0.353. The Hall–Kier alpha value is -2.32. The number of rotatable bonds is 4. The summed E-state index contributed by atoms with van der Waals surface area (Å²) in [4.78, 5) is 13.2. The molecule has 29 heavy (non-hydrogen) atoms. The number of benzene rings is 1. The molecule has 0 saturated carbocycles. The van der Waals surface area contributed by atoms with Crippen LogP contribution in [-0.4, -0.2) is 38.5 Å². The maximum atomic E-state index is 14.3. The summed E-state index contributed by atoms with van der Waals surface area (Å²) in [5.74, 6) is -1.04. The van der Waals surface area contributed by atoms with Gasteiger partial charge in [0.25, 0.3) is 0 Å². The first-order valence-electron chi connectivity index (χ1n) is 8.97. The summed E-state index contributed by atoms with van der Waals surface area (Å²) >= 11 is 11.7. The Kier molecular flexibility index (Phi) is 5.16. The van der Waals surface area contributed by atoms with Crippen LogP contribution in [-0.2, 0) is 11.4 Å². The van der Waals surface area contributed by atoms with Crippen LogP contribution < -0.4 is 0 Å². The molecular weight excluding hydrogens is 423 g/mol. The molecule has 0 radical (unpaired) electrons. The third-order valence-electron chi connectivity index (χ3n) is 5.14. The van der Waals surface area contributed by atoms with E-state index in [2.05, 4.69) is 20.2 Å². The molecule has 2 atom stereocenters. The molecule has 0 aliphatic carbocycles. The van der Waals surface area contributed by atoms with Gasteiger partial charge in [0.05, 0.1) is 12.3 Å². The molecule has 0 amide bonds. The summed E-state index contributed by atoms with van der Waals surface area (Å²) < 4.78 is 28.0. The van der Waals surface area contributed by atoms with Crippen molar-refractivity contribution in [2.24, 2.45) is 16.2 Å². The summed E-state index contributed by atoms with van der Waals surface area (Å²) in [5, 5.41) is 9.81. The second-order valence-electron chi connectivity index (χ2n) is 7.26. The number of oxime groups is 1. The van der Waals surface area contributed by atoms with Crippen LogP contribution in [0, 0.1) is 17.6 Å². The van der Waals surface area contributed by atoms with Crippen LogP contribution in [0.25, 0.3) is 0 Å². The van der Waals surface area contributed by atoms with Crippen molar-refractivity contribution in [3.63, 3.8) is 0 Å². The fourth-order valence-corrected chi connectivity index (χ4v) is 3.98. The van der Waals surface area contributed by atoms with Crippen LogP contribution in [0.5, 0.6) is 0 Å². The lowest BCUT2D eigenvalue weighted by atomic mass is 9.83. The predicted molar refractivity (Wildman–Crippen MR) is 106 cm³/mol. The molecule has 0 bridgehead atoms. The van der Waals surface area contributed by atoms with Crippen LogP contribution in [0.4, 0.5) is 8.78 Å². The summed E-state index contributed by atoms with van der Waals surface area (Å²) in [6.45, 7) is 4.60. The zero-order valence-corrected chi connectivity index (χ0v) is 17.2. The average Bonchev–Trinajstić information content (AvgIpc) is 3.26. The van der Waals surface area contributed by atoms with Gasteiger partial charge >= 0.3 is 0 Å². The van der Waals surface area contributed by atoms with Gasteiger partial charge in [-0.15, -0.1) is 0 Å². The zero-order chi connectivity index (χ0) is 20.8. The molecule has 0 N–H and O–H groups in total. The molecule has 4 rings (SSSR count). The van der Waals surface area contributed by atoms with E-state index in [0.717, 1.165) is 5.71 Å². The van der Waals surface area contributed by atoms with Crippen molar-refractivity contribution in [3.05, 3.63) is 57.6 Å². The summed E-state index contributed by atoms with van der Waals surface area (Å²) in [6, 6.07) is 6.48. The molecule has 1 aromatic carbocycles. The Bertz CT molecular complexity index is 1010. The van der Waals surface area contributed by atoms with E-state index in [4.69, 9.17) is 28.0 Å². The Labute approximate surface area is 176 Å². The monoisotopic (exact) mass is 439 g/mol. The molecule has 6 nitrogen and oxygen atoms in total. The SMILES string of the molecule is CC1CON=C1C1(C)CC(c2nc(Cl)c(F)c(Cl)n2)=NN1Cc1ccccc1F. The molecule has 0 fully saturated rings. The number of hydrogen-bond donors (Lipinski definition) is 0. The molecule has 152 valence electrons. The van der Waals surface area contributed by atoms with Crippen molar-refractivity contribution in [2.75, 3.05) is 6.61 Å². The minimum atomic E-state index is -0.885. The molecular formula is C19H17Cl2F2N5O. The van der Waals surface area contributed by atoms with Gasteiger partial charge in [-0.2, -0.15) is 5.10 Å². The number of hydrogen-bond acceptors (Lipinski definition) is 6. The maximum Gasteiger partial charge on any atom is 0.197 e. The van der Waals surface area contributed by atoms with E-state index in [0.29, 0.717) is 24.3 Å². The van der Waals surface area contributed by atoms with Gasteiger partial charge in [-0.05, 0) is 13.0 Å². The Morgan fingerprint density at radius 3 is 2.52 bits per heavy atom. The predicted octanol–water partition coefficient (Wildman–Crippen LogP) is 4.45. The van der Waals surface area contributed by atoms with Gasteiger partial charge < -0.3 is 4.84 Å². The molecule has 3 heterocycles. The van der Waals surface area contributed by atoms with Crippen LogP contribution >= 0.6 is 23.2 Å². The van der Waals surface area contributed by atoms with E-state index in [1.165, 1.54) is 6.07 Å². The second-order valence-corrected chi connectivity index (χ2v) is 7.98. The van der Waals surface area contributed by atoms with Crippen molar-refractivity contribution < 1.29 is 13.6 Å². The molecule has 10 heteroatoms. The lowest BCUT2D eigenvalue weighted by molar-refractivity contribution is 0.157. The van der Waals surface area contributed by atoms with E-state index >= 15 is 0 Å². The Morgan fingerprint density at radius 2 is 1.90 bits per heavy atom. The molecule has 2 aliphatic heterocycles. The molecule has 2 aliphatic rings. The highest BCUT2D eigenvalue weighted by atomic mass is 35.5. The fourth-order valence-electron chi connectivity index (χ4n) is 3.59. The highest BCUT2D eigenvalue weighted by molar-refractivity contribution is 6.33. The average molecular weight is 440 g/mol. The summed E-state index contributed by atoms with van der Waals surface area (Å²) in [7, 11) is 0. The minimum Gasteiger partial charge on any atom is -0.395 e. The lowest BCUT2D eigenvalue weighted by Crippen LogP contribution is -2.48. The Morgan fingerprint density at radius 1 is 1.21 bits per heavy atom. The minimum absolute atomic E-state index is 0.0546. The smallest absolute Gasteiger partial charge is 0.197 e. The largest absolute Gasteiger partial charge is 0.395 e. The van der Waals surface area contributed by atoms with Gasteiger partial charge in [0, 0.05) is 17.9 Å². The van der Waals surface area contributed by atoms with Crippen molar-refractivity contribution in [3.8, 4) is 0 Å². The Balaban J connectivity index is 1.76. The third-order valence-corrected chi connectivity index (χ3v) is 5.64. The van der Waals surface area contributed by atoms with Crippen LogP contribution in [0.3, 0.4) is 0 Å². The standard InChI is InChI=1S/C19H17Cl2F2N5O/c1-10-9-29-27-15(10)19(2)7-13(18-24-16(20)14(23)17(21)25-18)26-28(19)8-11-5-3-4-6-12(11)22/h3-6,10H,7-9H2,1-2H3. The van der Waals surface area contributed by atoms with Gasteiger partial charge in [0.1, 0.15) is 23.7 Å². The van der Waals surface area contributed by atoms with Gasteiger partial charge in [0.2, 0.25) is 0 Å². The van der Waals surface area contributed by atoms with Crippen molar-refractivity contribution in [1.82, 2.24) is 15.0 Å². The van der Waals surface area contributed by atoms with Crippen molar-refractivity contribution in [2.45, 2.75) is 32.4 Å². The van der Waals surface area contributed by atoms with Gasteiger partial charge in [0.15, 0.2) is 21.9 Å². The molecule has 1 aromatic heterocycles. The molecule has 0 spiro atoms. The number of nitrogens with zero attached hydrogens (tertiary/aromatic N) is 5. The van der Waals surface area contributed by atoms with Crippen LogP contribution in [0.2, 0.25) is 10.3 Å². The van der Waals surface area contributed by atoms with Crippen molar-refractivity contribution in [1.29, 1.82) is 0 Å².